The molecule has 0 aliphatic carbocycles. The molecular weight excluding hydrogens is 423 g/mol. The zero-order valence-electron chi connectivity index (χ0n) is 18.4. The first kappa shape index (κ1) is 22.2. The Labute approximate surface area is 188 Å². The SMILES string of the molecule is CCOCC.[H]/N=C/Nc1cc(C)c(Oc2ccn(-c3ccc(Cl)c(Cl)c3)n2)cc1C. The Bertz CT molecular complexity index is 1020. The first-order valence-corrected chi connectivity index (χ1v) is 10.3. The molecule has 0 saturated heterocycles. The van der Waals surface area contributed by atoms with Gasteiger partial charge in [-0.25, -0.2) is 4.68 Å². The van der Waals surface area contributed by atoms with Crippen molar-refractivity contribution in [3.63, 3.8) is 0 Å². The second kappa shape index (κ2) is 11.6. The van der Waals surface area contributed by atoms with E-state index in [0.29, 0.717) is 21.7 Å². The van der Waals surface area contributed by atoms with Crippen LogP contribution >= 0.6 is 23.2 Å². The smallest absolute Gasteiger partial charge is 0.238 e. The zero-order chi connectivity index (χ0) is 22.8. The molecule has 0 fully saturated rings. The van der Waals surface area contributed by atoms with Crippen LogP contribution in [0.3, 0.4) is 0 Å². The molecule has 6 nitrogen and oxygen atoms in total. The van der Waals surface area contributed by atoms with Crippen molar-refractivity contribution in [3.05, 3.63) is 63.8 Å². The number of nitrogens with zero attached hydrogens (tertiary/aromatic N) is 2. The van der Waals surface area contributed by atoms with Crippen LogP contribution in [0.2, 0.25) is 11.5 Å². The standard InChI is InChI=1S/C18H16Cl2N4O.C4H10O/c1-11-8-17(12(2)7-16(11)22-10-21)25-18-5-6-24(23-18)13-3-4-14(19)15(20)9-13;1-3-5-4-2/h3-10H,1-2H3,(H2,21,22);3-4H2,1-2H3. The summed E-state index contributed by atoms with van der Waals surface area (Å²) in [6.07, 6.45) is 3.11. The van der Waals surface area contributed by atoms with Gasteiger partial charge in [0.2, 0.25) is 5.88 Å². The van der Waals surface area contributed by atoms with Gasteiger partial charge in [0, 0.05) is 31.2 Å². The van der Waals surface area contributed by atoms with Crippen LogP contribution in [0, 0.1) is 19.2 Å². The molecule has 2 N–H and O–H groups in total. The average molecular weight is 449 g/mol. The molecule has 3 aromatic rings. The molecule has 0 aliphatic heterocycles. The van der Waals surface area contributed by atoms with Crippen LogP contribution in [0.4, 0.5) is 5.69 Å². The Morgan fingerprint density at radius 3 is 2.50 bits per heavy atom. The van der Waals surface area contributed by atoms with Gasteiger partial charge in [0.1, 0.15) is 5.75 Å². The number of anilines is 1. The Balaban J connectivity index is 0.000000614. The fourth-order valence-electron chi connectivity index (χ4n) is 2.57. The van der Waals surface area contributed by atoms with Crippen molar-refractivity contribution in [1.82, 2.24) is 9.78 Å². The van der Waals surface area contributed by atoms with E-state index in [2.05, 4.69) is 15.8 Å². The Morgan fingerprint density at radius 2 is 1.87 bits per heavy atom. The van der Waals surface area contributed by atoms with Crippen molar-refractivity contribution in [2.24, 2.45) is 0 Å². The summed E-state index contributed by atoms with van der Waals surface area (Å²) in [7, 11) is 0. The van der Waals surface area contributed by atoms with Crippen molar-refractivity contribution in [2.75, 3.05) is 18.5 Å². The maximum absolute atomic E-state index is 6.82. The fourth-order valence-corrected chi connectivity index (χ4v) is 2.87. The summed E-state index contributed by atoms with van der Waals surface area (Å²) in [5.41, 5.74) is 3.55. The maximum atomic E-state index is 6.82. The zero-order valence-corrected chi connectivity index (χ0v) is 19.0. The minimum absolute atomic E-state index is 0.465. The summed E-state index contributed by atoms with van der Waals surface area (Å²) < 4.78 is 19.2. The van der Waals surface area contributed by atoms with E-state index in [1.54, 1.807) is 29.1 Å². The van der Waals surface area contributed by atoms with Crippen LogP contribution in [-0.2, 0) is 4.74 Å². The maximum Gasteiger partial charge on any atom is 0.238 e. The molecule has 0 amide bonds. The lowest BCUT2D eigenvalue weighted by molar-refractivity contribution is 0.162. The molecule has 160 valence electrons. The lowest BCUT2D eigenvalue weighted by Crippen LogP contribution is -1.99. The summed E-state index contributed by atoms with van der Waals surface area (Å²) in [5, 5.41) is 11.5. The van der Waals surface area contributed by atoms with Crippen LogP contribution < -0.4 is 10.1 Å². The molecule has 1 aromatic heterocycles. The monoisotopic (exact) mass is 448 g/mol. The van der Waals surface area contributed by atoms with E-state index < -0.39 is 0 Å². The molecule has 0 atom stereocenters. The minimum Gasteiger partial charge on any atom is -0.437 e. The van der Waals surface area contributed by atoms with E-state index in [1.807, 2.05) is 45.9 Å². The third-order valence-corrected chi connectivity index (χ3v) is 4.84. The third kappa shape index (κ3) is 6.49. The first-order valence-electron chi connectivity index (χ1n) is 9.94. The van der Waals surface area contributed by atoms with Gasteiger partial charge >= 0.3 is 0 Å². The first-order chi connectivity index (χ1) is 14.9. The molecule has 30 heavy (non-hydrogen) atoms. The van der Waals surface area contributed by atoms with Gasteiger partial charge in [-0.2, -0.15) is 0 Å². The molecule has 2 aromatic carbocycles. The van der Waals surface area contributed by atoms with Crippen molar-refractivity contribution in [2.45, 2.75) is 27.7 Å². The van der Waals surface area contributed by atoms with Crippen molar-refractivity contribution in [1.29, 1.82) is 5.40 Å². The van der Waals surface area contributed by atoms with Crippen LogP contribution in [0.25, 0.3) is 5.69 Å². The lowest BCUT2D eigenvalue weighted by atomic mass is 10.1. The highest BCUT2D eigenvalue weighted by Gasteiger charge is 2.09. The van der Waals surface area contributed by atoms with E-state index in [4.69, 9.17) is 34.1 Å². The van der Waals surface area contributed by atoms with Crippen molar-refractivity contribution in [3.8, 4) is 17.3 Å². The summed E-state index contributed by atoms with van der Waals surface area (Å²) in [6, 6.07) is 10.9. The molecule has 0 bridgehead atoms. The van der Waals surface area contributed by atoms with Gasteiger partial charge in [-0.3, -0.25) is 5.40 Å². The van der Waals surface area contributed by atoms with Gasteiger partial charge in [0.15, 0.2) is 1.41 Å². The Kier molecular flexibility index (Phi) is 8.56. The van der Waals surface area contributed by atoms with Gasteiger partial charge in [0.25, 0.3) is 0 Å². The molecule has 0 spiro atoms. The molecule has 0 unspecified atom stereocenters. The summed E-state index contributed by atoms with van der Waals surface area (Å²) >= 11 is 12.0. The second-order valence-electron chi connectivity index (χ2n) is 6.29. The van der Waals surface area contributed by atoms with Gasteiger partial charge in [-0.05, 0) is 69.2 Å². The number of benzene rings is 2. The van der Waals surface area contributed by atoms with Gasteiger partial charge in [-0.1, -0.05) is 23.2 Å². The quantitative estimate of drug-likeness (QED) is 0.313. The van der Waals surface area contributed by atoms with Crippen molar-refractivity contribution >= 4 is 35.2 Å². The molecule has 8 heteroatoms. The van der Waals surface area contributed by atoms with Crippen LogP contribution in [-0.4, -0.2) is 29.3 Å². The van der Waals surface area contributed by atoms with E-state index in [-0.39, 0.29) is 0 Å². The van der Waals surface area contributed by atoms with Crippen molar-refractivity contribution < 1.29 is 10.9 Å². The third-order valence-electron chi connectivity index (χ3n) is 4.10. The lowest BCUT2D eigenvalue weighted by Gasteiger charge is -2.11. The Hall–Kier alpha value is -2.54. The number of rotatable bonds is 7. The highest BCUT2D eigenvalue weighted by Crippen LogP contribution is 2.30. The number of hydrogen-bond donors (Lipinski definition) is 2. The van der Waals surface area contributed by atoms with E-state index in [0.717, 1.165) is 35.7 Å². The van der Waals surface area contributed by atoms with Gasteiger partial charge in [0.05, 0.1) is 22.1 Å². The largest absolute Gasteiger partial charge is 0.437 e. The second-order valence-corrected chi connectivity index (χ2v) is 7.10. The number of hydrogen-bond acceptors (Lipinski definition) is 4. The van der Waals surface area contributed by atoms with Crippen LogP contribution in [0.5, 0.6) is 11.6 Å². The number of aryl methyl sites for hydroxylation is 2. The highest BCUT2D eigenvalue weighted by atomic mass is 35.5. The summed E-state index contributed by atoms with van der Waals surface area (Å²) in [4.78, 5) is 0. The summed E-state index contributed by atoms with van der Waals surface area (Å²) in [6.45, 7) is 9.55. The molecule has 3 rings (SSSR count). The predicted molar refractivity (Wildman–Crippen MR) is 124 cm³/mol. The molecule has 0 saturated carbocycles. The summed E-state index contributed by atoms with van der Waals surface area (Å²) in [5.74, 6) is 1.17. The van der Waals surface area contributed by atoms with Crippen LogP contribution in [0.15, 0.2) is 42.6 Å². The number of aromatic nitrogens is 2. The number of halogens is 2. The topological polar surface area (TPSA) is 72.2 Å². The van der Waals surface area contributed by atoms with E-state index >= 15 is 0 Å². The van der Waals surface area contributed by atoms with Crippen LogP contribution in [0.1, 0.15) is 25.0 Å². The Morgan fingerprint density at radius 1 is 1.10 bits per heavy atom. The van der Waals surface area contributed by atoms with E-state index in [9.17, 15) is 0 Å². The number of nitrogens with one attached hydrogen (secondary N) is 2. The van der Waals surface area contributed by atoms with Gasteiger partial charge in [-0.15, -0.1) is 5.10 Å². The predicted octanol–water partition coefficient (Wildman–Crippen LogP) is 6.65. The normalized spacial score (nSPS) is 11.1. The molecule has 1 heterocycles. The minimum atomic E-state index is 0.465. The average Bonchev–Trinajstić information content (AvgIpc) is 3.21. The molecular formula is C22H26Cl2N4O2. The van der Waals surface area contributed by atoms with Gasteiger partial charge < -0.3 is 14.8 Å². The van der Waals surface area contributed by atoms with E-state index in [1.165, 1.54) is 6.34 Å². The molecule has 0 radical (unpaired) electrons. The molecule has 0 aliphatic rings. The fraction of sp³-hybridized carbons (Fsp3) is 0.273. The number of ether oxygens (including phenoxy) is 2. The highest BCUT2D eigenvalue weighted by molar-refractivity contribution is 6.42.